The Morgan fingerprint density at radius 2 is 2.12 bits per heavy atom. The number of Topliss-reactive ketones (excluding diaryl/α,β-unsaturated/α-hetero) is 1. The van der Waals surface area contributed by atoms with Crippen molar-refractivity contribution in [2.24, 2.45) is 11.0 Å². The highest BCUT2D eigenvalue weighted by Gasteiger charge is 2.25. The Kier molecular flexibility index (Phi) is 7.87. The molecule has 0 bridgehead atoms. The van der Waals surface area contributed by atoms with E-state index in [2.05, 4.69) is 5.29 Å². The number of nitrogens with zero attached hydrogens (tertiary/aromatic N) is 2. The fraction of sp³-hybridized carbons (Fsp3) is 0.800. The smallest absolute Gasteiger partial charge is 0.328 e. The molecule has 0 rings (SSSR count). The summed E-state index contributed by atoms with van der Waals surface area (Å²) < 4.78 is 0. The minimum absolute atomic E-state index is 0.0472. The van der Waals surface area contributed by atoms with Crippen LogP contribution in [0.25, 0.3) is 0 Å². The maximum absolute atomic E-state index is 11.0. The van der Waals surface area contributed by atoms with Crippen molar-refractivity contribution in [1.29, 1.82) is 0 Å². The van der Waals surface area contributed by atoms with Crippen LogP contribution in [0.15, 0.2) is 5.29 Å². The van der Waals surface area contributed by atoms with E-state index in [1.807, 2.05) is 6.92 Å². The van der Waals surface area contributed by atoms with Crippen LogP contribution < -0.4 is 5.73 Å². The topological polar surface area (TPSA) is 113 Å². The van der Waals surface area contributed by atoms with Crippen LogP contribution >= 0.6 is 0 Å². The van der Waals surface area contributed by atoms with Crippen molar-refractivity contribution >= 4 is 11.8 Å². The summed E-state index contributed by atoms with van der Waals surface area (Å²) in [6.07, 6.45) is 1.62. The average molecular weight is 245 g/mol. The molecule has 0 aliphatic rings. The van der Waals surface area contributed by atoms with E-state index < -0.39 is 12.0 Å². The SMILES string of the molecule is CCCCN(N=O)C(CCC(=O)CN)C(=O)O. The molecule has 0 aromatic rings. The maximum atomic E-state index is 11.0. The Morgan fingerprint density at radius 3 is 2.53 bits per heavy atom. The van der Waals surface area contributed by atoms with E-state index in [4.69, 9.17) is 10.8 Å². The van der Waals surface area contributed by atoms with Gasteiger partial charge in [0.2, 0.25) is 0 Å². The van der Waals surface area contributed by atoms with E-state index in [9.17, 15) is 14.5 Å². The molecule has 0 saturated heterocycles. The zero-order valence-corrected chi connectivity index (χ0v) is 9.96. The number of aliphatic carboxylic acids is 1. The lowest BCUT2D eigenvalue weighted by molar-refractivity contribution is -0.143. The van der Waals surface area contributed by atoms with E-state index in [1.165, 1.54) is 0 Å². The molecule has 7 nitrogen and oxygen atoms in total. The lowest BCUT2D eigenvalue weighted by Gasteiger charge is -2.22. The van der Waals surface area contributed by atoms with Crippen molar-refractivity contribution in [3.05, 3.63) is 4.91 Å². The standard InChI is InChI=1S/C10H19N3O4/c1-2-3-6-13(12-17)9(10(15)16)5-4-8(14)7-11/h9H,2-7,11H2,1H3,(H,15,16). The highest BCUT2D eigenvalue weighted by Crippen LogP contribution is 2.10. The number of carbonyl (C=O) groups is 2. The molecular weight excluding hydrogens is 226 g/mol. The summed E-state index contributed by atoms with van der Waals surface area (Å²) in [5.41, 5.74) is 5.13. The molecular formula is C10H19N3O4. The van der Waals surface area contributed by atoms with Gasteiger partial charge in [-0.1, -0.05) is 13.3 Å². The van der Waals surface area contributed by atoms with E-state index >= 15 is 0 Å². The monoisotopic (exact) mass is 245 g/mol. The highest BCUT2D eigenvalue weighted by molar-refractivity contribution is 5.81. The fourth-order valence-electron chi connectivity index (χ4n) is 1.37. The molecule has 0 aromatic carbocycles. The predicted octanol–water partition coefficient (Wildman–Crippen LogP) is 0.531. The molecule has 0 amide bonds. The van der Waals surface area contributed by atoms with Gasteiger partial charge in [-0.15, -0.1) is 4.91 Å². The third-order valence-electron chi connectivity index (χ3n) is 2.41. The maximum Gasteiger partial charge on any atom is 0.328 e. The molecule has 1 atom stereocenters. The van der Waals surface area contributed by atoms with Crippen molar-refractivity contribution in [3.63, 3.8) is 0 Å². The lowest BCUT2D eigenvalue weighted by atomic mass is 10.1. The summed E-state index contributed by atoms with van der Waals surface area (Å²) in [6.45, 7) is 2.10. The summed E-state index contributed by atoms with van der Waals surface area (Å²) in [5, 5.41) is 12.7. The number of carboxylic acids is 1. The van der Waals surface area contributed by atoms with Gasteiger partial charge in [-0.05, 0) is 12.8 Å². The van der Waals surface area contributed by atoms with Gasteiger partial charge in [0.05, 0.1) is 11.8 Å². The van der Waals surface area contributed by atoms with Crippen molar-refractivity contribution in [3.8, 4) is 0 Å². The molecule has 0 heterocycles. The first-order valence-corrected chi connectivity index (χ1v) is 5.61. The second-order valence-corrected chi connectivity index (χ2v) is 3.73. The summed E-state index contributed by atoms with van der Waals surface area (Å²) in [4.78, 5) is 32.6. The number of nitrogens with two attached hydrogens (primary N) is 1. The Labute approximate surface area is 99.9 Å². The zero-order valence-electron chi connectivity index (χ0n) is 9.96. The Bertz CT molecular complexity index is 270. The van der Waals surface area contributed by atoms with Crippen molar-refractivity contribution < 1.29 is 14.7 Å². The van der Waals surface area contributed by atoms with E-state index in [0.717, 1.165) is 11.4 Å². The van der Waals surface area contributed by atoms with E-state index in [1.54, 1.807) is 0 Å². The fourth-order valence-corrected chi connectivity index (χ4v) is 1.37. The molecule has 0 aliphatic heterocycles. The van der Waals surface area contributed by atoms with Crippen LogP contribution in [0.2, 0.25) is 0 Å². The molecule has 3 N–H and O–H groups in total. The minimum Gasteiger partial charge on any atom is -0.480 e. The highest BCUT2D eigenvalue weighted by atomic mass is 16.4. The molecule has 0 fully saturated rings. The Balaban J connectivity index is 4.41. The first-order chi connectivity index (χ1) is 8.06. The number of hydrogen-bond acceptors (Lipinski definition) is 5. The van der Waals surface area contributed by atoms with Crippen LogP contribution in [0.1, 0.15) is 32.6 Å². The predicted molar refractivity (Wildman–Crippen MR) is 62.1 cm³/mol. The third kappa shape index (κ3) is 5.96. The number of carboxylic acid groups (broad SMARTS) is 1. The van der Waals surface area contributed by atoms with Gasteiger partial charge in [-0.2, -0.15) is 0 Å². The summed E-state index contributed by atoms with van der Waals surface area (Å²) in [5.74, 6) is -1.37. The molecule has 0 radical (unpaired) electrons. The Morgan fingerprint density at radius 1 is 1.47 bits per heavy atom. The van der Waals surface area contributed by atoms with Crippen LogP contribution in [0, 0.1) is 4.91 Å². The number of rotatable bonds is 10. The number of carbonyl (C=O) groups excluding carboxylic acids is 1. The first-order valence-electron chi connectivity index (χ1n) is 5.61. The minimum atomic E-state index is -1.15. The van der Waals surface area contributed by atoms with Crippen molar-refractivity contribution in [1.82, 2.24) is 5.01 Å². The largest absolute Gasteiger partial charge is 0.480 e. The molecule has 1 unspecified atom stereocenters. The first kappa shape index (κ1) is 15.5. The van der Waals surface area contributed by atoms with Crippen LogP contribution in [0.4, 0.5) is 0 Å². The zero-order chi connectivity index (χ0) is 13.3. The average Bonchev–Trinajstić information content (AvgIpc) is 2.32. The Hall–Kier alpha value is -1.50. The van der Waals surface area contributed by atoms with Crippen LogP contribution in [0.3, 0.4) is 0 Å². The molecule has 17 heavy (non-hydrogen) atoms. The number of hydrogen-bond donors (Lipinski definition) is 2. The summed E-state index contributed by atoms with van der Waals surface area (Å²) in [7, 11) is 0. The number of nitroso groups, excluding NO2 is 1. The molecule has 7 heteroatoms. The van der Waals surface area contributed by atoms with Gasteiger partial charge in [-0.25, -0.2) is 9.80 Å². The second-order valence-electron chi connectivity index (χ2n) is 3.73. The van der Waals surface area contributed by atoms with Gasteiger partial charge in [0.25, 0.3) is 0 Å². The third-order valence-corrected chi connectivity index (χ3v) is 2.41. The van der Waals surface area contributed by atoms with Gasteiger partial charge < -0.3 is 10.8 Å². The normalized spacial score (nSPS) is 11.9. The molecule has 0 aromatic heterocycles. The lowest BCUT2D eigenvalue weighted by Crippen LogP contribution is -2.38. The van der Waals surface area contributed by atoms with Gasteiger partial charge >= 0.3 is 5.97 Å². The van der Waals surface area contributed by atoms with Crippen LogP contribution in [0.5, 0.6) is 0 Å². The van der Waals surface area contributed by atoms with Crippen molar-refractivity contribution in [2.75, 3.05) is 13.1 Å². The molecule has 98 valence electrons. The van der Waals surface area contributed by atoms with Crippen LogP contribution in [-0.4, -0.2) is 41.0 Å². The second kappa shape index (κ2) is 8.63. The molecule has 0 spiro atoms. The quantitative estimate of drug-likeness (QED) is 0.428. The van der Waals surface area contributed by atoms with Gasteiger partial charge in [0, 0.05) is 13.0 Å². The number of unbranched alkanes of at least 4 members (excludes halogenated alkanes) is 1. The van der Waals surface area contributed by atoms with Crippen LogP contribution in [-0.2, 0) is 9.59 Å². The summed E-state index contributed by atoms with van der Waals surface area (Å²) >= 11 is 0. The summed E-state index contributed by atoms with van der Waals surface area (Å²) in [6, 6.07) is -1.05. The number of ketones is 1. The van der Waals surface area contributed by atoms with Crippen molar-refractivity contribution in [2.45, 2.75) is 38.6 Å². The van der Waals surface area contributed by atoms with E-state index in [-0.39, 0.29) is 31.7 Å². The van der Waals surface area contributed by atoms with Gasteiger partial charge in [-0.3, -0.25) is 4.79 Å². The molecule has 0 aliphatic carbocycles. The van der Waals surface area contributed by atoms with Gasteiger partial charge in [0.15, 0.2) is 0 Å². The molecule has 0 saturated carbocycles. The van der Waals surface area contributed by atoms with E-state index in [0.29, 0.717) is 6.42 Å². The van der Waals surface area contributed by atoms with Gasteiger partial charge in [0.1, 0.15) is 11.8 Å².